The molecular formula is C19H22N6O2. The van der Waals surface area contributed by atoms with Crippen LogP contribution in [0.4, 0.5) is 10.5 Å². The Balaban J connectivity index is 1.57. The van der Waals surface area contributed by atoms with Crippen molar-refractivity contribution in [2.75, 3.05) is 25.5 Å². The summed E-state index contributed by atoms with van der Waals surface area (Å²) >= 11 is 0. The zero-order valence-electron chi connectivity index (χ0n) is 15.6. The summed E-state index contributed by atoms with van der Waals surface area (Å²) in [5, 5.41) is 14.1. The lowest BCUT2D eigenvalue weighted by molar-refractivity contribution is 0.207. The molecule has 3 rings (SSSR count). The van der Waals surface area contributed by atoms with Crippen molar-refractivity contribution in [3.05, 3.63) is 59.9 Å². The van der Waals surface area contributed by atoms with E-state index in [2.05, 4.69) is 20.8 Å². The van der Waals surface area contributed by atoms with Gasteiger partial charge in [-0.2, -0.15) is 0 Å². The second-order valence-corrected chi connectivity index (χ2v) is 6.22. The van der Waals surface area contributed by atoms with Crippen LogP contribution in [-0.4, -0.2) is 51.3 Å². The largest absolute Gasteiger partial charge is 0.491 e. The van der Waals surface area contributed by atoms with Gasteiger partial charge in [0.1, 0.15) is 18.7 Å². The van der Waals surface area contributed by atoms with Gasteiger partial charge in [0, 0.05) is 12.7 Å². The number of benzene rings is 2. The predicted octanol–water partition coefficient (Wildman–Crippen LogP) is 2.82. The lowest BCUT2D eigenvalue weighted by atomic mass is 10.2. The van der Waals surface area contributed by atoms with E-state index in [9.17, 15) is 4.79 Å². The van der Waals surface area contributed by atoms with Gasteiger partial charge < -0.3 is 15.0 Å². The summed E-state index contributed by atoms with van der Waals surface area (Å²) < 4.78 is 7.30. The van der Waals surface area contributed by atoms with E-state index in [-0.39, 0.29) is 6.03 Å². The molecule has 2 aromatic carbocycles. The average Bonchev–Trinajstić information content (AvgIpc) is 3.19. The maximum Gasteiger partial charge on any atom is 0.321 e. The molecule has 8 nitrogen and oxygen atoms in total. The molecule has 8 heteroatoms. The highest BCUT2D eigenvalue weighted by Crippen LogP contribution is 2.19. The van der Waals surface area contributed by atoms with Crippen molar-refractivity contribution in [1.29, 1.82) is 0 Å². The van der Waals surface area contributed by atoms with E-state index >= 15 is 0 Å². The van der Waals surface area contributed by atoms with Crippen molar-refractivity contribution < 1.29 is 9.53 Å². The molecule has 0 radical (unpaired) electrons. The highest BCUT2D eigenvalue weighted by atomic mass is 16.5. The molecule has 0 aliphatic rings. The van der Waals surface area contributed by atoms with Crippen LogP contribution in [0.2, 0.25) is 0 Å². The van der Waals surface area contributed by atoms with Gasteiger partial charge in [-0.05, 0) is 53.6 Å². The Morgan fingerprint density at radius 1 is 1.19 bits per heavy atom. The van der Waals surface area contributed by atoms with Crippen LogP contribution in [0.15, 0.2) is 48.8 Å². The summed E-state index contributed by atoms with van der Waals surface area (Å²) in [5.41, 5.74) is 3.55. The van der Waals surface area contributed by atoms with Crippen LogP contribution in [-0.2, 0) is 0 Å². The summed E-state index contributed by atoms with van der Waals surface area (Å²) in [4.78, 5) is 14.0. The number of rotatable bonds is 6. The Hall–Kier alpha value is -3.42. The maximum absolute atomic E-state index is 12.4. The van der Waals surface area contributed by atoms with Gasteiger partial charge in [-0.3, -0.25) is 0 Å². The Morgan fingerprint density at radius 2 is 2.00 bits per heavy atom. The number of ether oxygens (including phenoxy) is 1. The third-order valence-electron chi connectivity index (χ3n) is 4.18. The van der Waals surface area contributed by atoms with Gasteiger partial charge in [-0.25, -0.2) is 9.48 Å². The van der Waals surface area contributed by atoms with Crippen molar-refractivity contribution in [1.82, 2.24) is 25.1 Å². The van der Waals surface area contributed by atoms with Crippen LogP contribution in [0.25, 0.3) is 5.69 Å². The molecule has 0 spiro atoms. The number of carbonyl (C=O) groups is 1. The fraction of sp³-hybridized carbons (Fsp3) is 0.263. The SMILES string of the molecule is Cc1ccccc1OCCN(C)C(=O)Nc1ccc(C)c(-n2cnnn2)c1. The Kier molecular flexibility index (Phi) is 5.65. The lowest BCUT2D eigenvalue weighted by Crippen LogP contribution is -2.34. The van der Waals surface area contributed by atoms with Crippen molar-refractivity contribution in [2.24, 2.45) is 0 Å². The molecule has 140 valence electrons. The summed E-state index contributed by atoms with van der Waals surface area (Å²) in [5.74, 6) is 0.830. The number of hydrogen-bond donors (Lipinski definition) is 1. The average molecular weight is 366 g/mol. The molecule has 1 heterocycles. The van der Waals surface area contributed by atoms with E-state index < -0.39 is 0 Å². The molecule has 0 atom stereocenters. The number of urea groups is 1. The number of tetrazole rings is 1. The summed E-state index contributed by atoms with van der Waals surface area (Å²) in [7, 11) is 1.73. The number of carbonyl (C=O) groups excluding carboxylic acids is 1. The number of anilines is 1. The first kappa shape index (κ1) is 18.4. The summed E-state index contributed by atoms with van der Waals surface area (Å²) in [6.07, 6.45) is 1.52. The summed E-state index contributed by atoms with van der Waals surface area (Å²) in [6, 6.07) is 13.2. The molecule has 27 heavy (non-hydrogen) atoms. The van der Waals surface area contributed by atoms with E-state index in [0.717, 1.165) is 22.6 Å². The molecule has 3 aromatic rings. The minimum atomic E-state index is -0.213. The number of amides is 2. The molecule has 0 unspecified atom stereocenters. The molecule has 0 aliphatic heterocycles. The van der Waals surface area contributed by atoms with Crippen LogP contribution in [0.3, 0.4) is 0 Å². The van der Waals surface area contributed by atoms with E-state index in [1.807, 2.05) is 56.3 Å². The fourth-order valence-corrected chi connectivity index (χ4v) is 2.54. The smallest absolute Gasteiger partial charge is 0.321 e. The Morgan fingerprint density at radius 3 is 2.74 bits per heavy atom. The second kappa shape index (κ2) is 8.31. The van der Waals surface area contributed by atoms with Gasteiger partial charge in [-0.1, -0.05) is 24.3 Å². The van der Waals surface area contributed by atoms with Crippen LogP contribution in [0, 0.1) is 13.8 Å². The summed E-state index contributed by atoms with van der Waals surface area (Å²) in [6.45, 7) is 4.83. The van der Waals surface area contributed by atoms with Gasteiger partial charge in [0.25, 0.3) is 0 Å². The van der Waals surface area contributed by atoms with Gasteiger partial charge >= 0.3 is 6.03 Å². The highest BCUT2D eigenvalue weighted by molar-refractivity contribution is 5.89. The third kappa shape index (κ3) is 4.60. The molecule has 0 fully saturated rings. The molecule has 1 aromatic heterocycles. The number of nitrogens with zero attached hydrogens (tertiary/aromatic N) is 5. The van der Waals surface area contributed by atoms with E-state index in [1.165, 1.54) is 6.33 Å². The maximum atomic E-state index is 12.4. The molecule has 0 saturated heterocycles. The lowest BCUT2D eigenvalue weighted by Gasteiger charge is -2.19. The van der Waals surface area contributed by atoms with Gasteiger partial charge in [0.05, 0.1) is 12.2 Å². The zero-order chi connectivity index (χ0) is 19.2. The first-order valence-corrected chi connectivity index (χ1v) is 8.59. The van der Waals surface area contributed by atoms with E-state index in [0.29, 0.717) is 18.8 Å². The minimum absolute atomic E-state index is 0.213. The van der Waals surface area contributed by atoms with Crippen LogP contribution in [0.5, 0.6) is 5.75 Å². The number of aromatic nitrogens is 4. The second-order valence-electron chi connectivity index (χ2n) is 6.22. The van der Waals surface area contributed by atoms with Gasteiger partial charge in [0.2, 0.25) is 0 Å². The predicted molar refractivity (Wildman–Crippen MR) is 102 cm³/mol. The number of para-hydroxylation sites is 1. The first-order chi connectivity index (χ1) is 13.0. The monoisotopic (exact) mass is 366 g/mol. The first-order valence-electron chi connectivity index (χ1n) is 8.59. The van der Waals surface area contributed by atoms with Crippen molar-refractivity contribution in [2.45, 2.75) is 13.8 Å². The Labute approximate surface area is 157 Å². The molecular weight excluding hydrogens is 344 g/mol. The number of likely N-dealkylation sites (N-methyl/N-ethyl adjacent to an activating group) is 1. The quantitative estimate of drug-likeness (QED) is 0.725. The molecule has 2 amide bonds. The van der Waals surface area contributed by atoms with Gasteiger partial charge in [0.15, 0.2) is 0 Å². The normalized spacial score (nSPS) is 10.5. The van der Waals surface area contributed by atoms with Crippen molar-refractivity contribution in [3.8, 4) is 11.4 Å². The van der Waals surface area contributed by atoms with Crippen molar-refractivity contribution >= 4 is 11.7 Å². The van der Waals surface area contributed by atoms with Crippen LogP contribution >= 0.6 is 0 Å². The molecule has 0 bridgehead atoms. The third-order valence-corrected chi connectivity index (χ3v) is 4.18. The molecule has 0 saturated carbocycles. The van der Waals surface area contributed by atoms with Gasteiger partial charge in [-0.15, -0.1) is 5.10 Å². The number of aryl methyl sites for hydroxylation is 2. The molecule has 1 N–H and O–H groups in total. The fourth-order valence-electron chi connectivity index (χ4n) is 2.54. The highest BCUT2D eigenvalue weighted by Gasteiger charge is 2.11. The van der Waals surface area contributed by atoms with Crippen molar-refractivity contribution in [3.63, 3.8) is 0 Å². The number of nitrogens with one attached hydrogen (secondary N) is 1. The number of hydrogen-bond acceptors (Lipinski definition) is 5. The molecule has 0 aliphatic carbocycles. The van der Waals surface area contributed by atoms with Crippen LogP contribution < -0.4 is 10.1 Å². The minimum Gasteiger partial charge on any atom is -0.491 e. The Bertz CT molecular complexity index is 910. The standard InChI is InChI=1S/C19H22N6O2/c1-14-8-9-16(12-17(14)25-13-20-22-23-25)21-19(26)24(3)10-11-27-18-7-5-4-6-15(18)2/h4-9,12-13H,10-11H2,1-3H3,(H,21,26). The topological polar surface area (TPSA) is 85.2 Å². The zero-order valence-corrected chi connectivity index (χ0v) is 15.6. The van der Waals surface area contributed by atoms with E-state index in [1.54, 1.807) is 16.6 Å². The van der Waals surface area contributed by atoms with Crippen LogP contribution in [0.1, 0.15) is 11.1 Å². The van der Waals surface area contributed by atoms with E-state index in [4.69, 9.17) is 4.74 Å².